The van der Waals surface area contributed by atoms with E-state index in [1.165, 1.54) is 0 Å². The van der Waals surface area contributed by atoms with E-state index in [0.29, 0.717) is 49.2 Å². The first-order valence-electron chi connectivity index (χ1n) is 15.7. The molecule has 4 atom stereocenters. The number of guanidine groups is 1. The van der Waals surface area contributed by atoms with Crippen LogP contribution >= 0.6 is 0 Å². The van der Waals surface area contributed by atoms with Crippen molar-refractivity contribution in [3.63, 3.8) is 0 Å². The van der Waals surface area contributed by atoms with Crippen molar-refractivity contribution < 1.29 is 29.0 Å². The molecule has 0 saturated heterocycles. The smallest absolute Gasteiger partial charge is 0.414 e. The van der Waals surface area contributed by atoms with Gasteiger partial charge in [-0.25, -0.2) is 9.79 Å². The number of amides is 3. The minimum absolute atomic E-state index is 0.143. The fraction of sp³-hybridized carbons (Fsp3) is 0.529. The van der Waals surface area contributed by atoms with Gasteiger partial charge in [-0.3, -0.25) is 19.8 Å². The van der Waals surface area contributed by atoms with Crippen molar-refractivity contribution in [3.05, 3.63) is 64.2 Å². The topological polar surface area (TPSA) is 130 Å². The molecule has 0 spiro atoms. The van der Waals surface area contributed by atoms with Crippen LogP contribution in [0.4, 0.5) is 4.79 Å². The molecular formula is C34H42N4O6. The monoisotopic (exact) mass is 602 g/mol. The molecule has 3 N–H and O–H groups in total. The van der Waals surface area contributed by atoms with E-state index in [1.54, 1.807) is 43.9 Å². The molecule has 1 aliphatic carbocycles. The van der Waals surface area contributed by atoms with Crippen molar-refractivity contribution >= 4 is 23.9 Å². The number of carbonyl (C=O) groups excluding carboxylic acids is 3. The van der Waals surface area contributed by atoms with E-state index in [4.69, 9.17) is 14.5 Å². The predicted molar refractivity (Wildman–Crippen MR) is 164 cm³/mol. The van der Waals surface area contributed by atoms with Gasteiger partial charge in [0.1, 0.15) is 11.4 Å². The lowest BCUT2D eigenvalue weighted by atomic mass is 9.84. The van der Waals surface area contributed by atoms with E-state index in [1.807, 2.05) is 6.92 Å². The summed E-state index contributed by atoms with van der Waals surface area (Å²) in [5, 5.41) is 16.8. The lowest BCUT2D eigenvalue weighted by Crippen LogP contribution is -2.56. The lowest BCUT2D eigenvalue weighted by Gasteiger charge is -2.43. The first-order chi connectivity index (χ1) is 20.9. The number of aliphatic hydroxyl groups is 1. The third-order valence-corrected chi connectivity index (χ3v) is 9.19. The number of aliphatic hydroxyl groups excluding tert-OH is 1. The van der Waals surface area contributed by atoms with E-state index in [9.17, 15) is 19.5 Å². The summed E-state index contributed by atoms with van der Waals surface area (Å²) in [5.41, 5.74) is 2.81. The number of benzene rings is 2. The minimum atomic E-state index is -0.737. The second-order valence-corrected chi connectivity index (χ2v) is 13.4. The summed E-state index contributed by atoms with van der Waals surface area (Å²) < 4.78 is 11.5. The van der Waals surface area contributed by atoms with Crippen LogP contribution < -0.4 is 15.4 Å². The Kier molecular flexibility index (Phi) is 7.90. The molecule has 0 fully saturated rings. The van der Waals surface area contributed by atoms with Crippen LogP contribution in [0.1, 0.15) is 111 Å². The van der Waals surface area contributed by atoms with Crippen LogP contribution in [0, 0.1) is 0 Å². The second kappa shape index (κ2) is 11.5. The number of hydrogen-bond acceptors (Lipinski definition) is 7. The molecule has 4 aliphatic heterocycles. The molecule has 0 aromatic heterocycles. The summed E-state index contributed by atoms with van der Waals surface area (Å²) in [6.45, 7) is 7.74. The zero-order chi connectivity index (χ0) is 31.2. The number of aryl methyl sites for hydroxylation is 1. The van der Waals surface area contributed by atoms with Gasteiger partial charge in [0, 0.05) is 24.0 Å². The van der Waals surface area contributed by atoms with Crippen molar-refractivity contribution in [2.24, 2.45) is 4.99 Å². The first kappa shape index (κ1) is 30.1. The standard InChI is InChI=1S/C34H42N4O6/c1-5-34-14-7-6-8-20-9-10-21-18-26(39)29(23(21)16-20)35-30(41)22-11-12-27-24(17-22)25(13-15-43-27)38(28(40)19-34)31(37-34)36-32(42)44-33(2,3)4/h9-12,16-17,25-26,29,39H,5-8,13-15,18-19H2,1-4H3,(H,35,41)(H,36,37,42)/t25-,26-,29-,34-/m1/s1. The average Bonchev–Trinajstić information content (AvgIpc) is 3.27. The Balaban J connectivity index is 1.44. The molecule has 234 valence electrons. The Hall–Kier alpha value is -3.92. The van der Waals surface area contributed by atoms with Gasteiger partial charge >= 0.3 is 6.09 Å². The highest BCUT2D eigenvalue weighted by molar-refractivity contribution is 6.05. The number of fused-ring (bicyclic) bond motifs is 5. The molecule has 0 radical (unpaired) electrons. The predicted octanol–water partition coefficient (Wildman–Crippen LogP) is 4.89. The van der Waals surface area contributed by atoms with Crippen LogP contribution in [-0.2, 0) is 22.4 Å². The molecule has 10 nitrogen and oxygen atoms in total. The average molecular weight is 603 g/mol. The van der Waals surface area contributed by atoms with E-state index < -0.39 is 35.4 Å². The maximum absolute atomic E-state index is 14.1. The highest BCUT2D eigenvalue weighted by Gasteiger charge is 2.44. The molecule has 2 aromatic rings. The second-order valence-electron chi connectivity index (χ2n) is 13.4. The van der Waals surface area contributed by atoms with Crippen LogP contribution in [0.15, 0.2) is 41.4 Å². The Bertz CT molecular complexity index is 1510. The number of ether oxygens (including phenoxy) is 2. The van der Waals surface area contributed by atoms with Gasteiger partial charge in [0.2, 0.25) is 11.9 Å². The Morgan fingerprint density at radius 3 is 2.77 bits per heavy atom. The summed E-state index contributed by atoms with van der Waals surface area (Å²) in [5.74, 6) is 0.271. The SMILES string of the molecule is CC[C@@]12CCCCc3ccc4c(c3)[C@@H](NC(=O)c3ccc5c(c3)[C@@H](CCO5)N(C(=O)C1)C(NC(=O)OC(C)(C)C)=N2)[C@H](O)C4. The highest BCUT2D eigenvalue weighted by Crippen LogP contribution is 2.41. The van der Waals surface area contributed by atoms with Gasteiger partial charge in [0.25, 0.3) is 5.91 Å². The van der Waals surface area contributed by atoms with E-state index in [-0.39, 0.29) is 24.2 Å². The molecule has 2 aromatic carbocycles. The summed E-state index contributed by atoms with van der Waals surface area (Å²) in [7, 11) is 0. The van der Waals surface area contributed by atoms with E-state index >= 15 is 0 Å². The summed E-state index contributed by atoms with van der Waals surface area (Å²) in [4.78, 5) is 47.5. The third-order valence-electron chi connectivity index (χ3n) is 9.19. The van der Waals surface area contributed by atoms with Crippen molar-refractivity contribution in [1.29, 1.82) is 0 Å². The largest absolute Gasteiger partial charge is 0.493 e. The van der Waals surface area contributed by atoms with Crippen LogP contribution in [0.3, 0.4) is 0 Å². The maximum atomic E-state index is 14.1. The molecule has 7 rings (SSSR count). The van der Waals surface area contributed by atoms with Gasteiger partial charge in [0.15, 0.2) is 0 Å². The Morgan fingerprint density at radius 2 is 2.00 bits per heavy atom. The molecule has 0 saturated carbocycles. The Labute approximate surface area is 258 Å². The number of nitrogens with one attached hydrogen (secondary N) is 2. The van der Waals surface area contributed by atoms with Gasteiger partial charge in [-0.2, -0.15) is 0 Å². The number of aliphatic imine (C=N–C) groups is 1. The maximum Gasteiger partial charge on any atom is 0.414 e. The van der Waals surface area contributed by atoms with Gasteiger partial charge in [-0.15, -0.1) is 0 Å². The first-order valence-corrected chi connectivity index (χ1v) is 15.7. The molecule has 5 aliphatic rings. The molecule has 10 heteroatoms. The zero-order valence-corrected chi connectivity index (χ0v) is 25.9. The number of carbonyl (C=O) groups is 3. The molecule has 0 unspecified atom stereocenters. The number of alkyl carbamates (subject to hydrolysis) is 1. The quantitative estimate of drug-likeness (QED) is 0.427. The summed E-state index contributed by atoms with van der Waals surface area (Å²) >= 11 is 0. The number of rotatable bonds is 1. The van der Waals surface area contributed by atoms with Crippen LogP contribution in [-0.4, -0.2) is 57.7 Å². The van der Waals surface area contributed by atoms with Crippen molar-refractivity contribution in [2.45, 2.75) is 108 Å². The van der Waals surface area contributed by atoms with Crippen molar-refractivity contribution in [3.8, 4) is 5.75 Å². The van der Waals surface area contributed by atoms with Crippen molar-refractivity contribution in [2.75, 3.05) is 6.61 Å². The molecule has 44 heavy (non-hydrogen) atoms. The fourth-order valence-electron chi connectivity index (χ4n) is 6.93. The van der Waals surface area contributed by atoms with E-state index in [0.717, 1.165) is 36.0 Å². The fourth-order valence-corrected chi connectivity index (χ4v) is 6.93. The van der Waals surface area contributed by atoms with Gasteiger partial charge in [-0.05, 0) is 81.3 Å². The normalized spacial score (nSPS) is 26.6. The molecular weight excluding hydrogens is 560 g/mol. The Morgan fingerprint density at radius 1 is 1.18 bits per heavy atom. The van der Waals surface area contributed by atoms with Crippen LogP contribution in [0.25, 0.3) is 0 Å². The lowest BCUT2D eigenvalue weighted by molar-refractivity contribution is -0.132. The van der Waals surface area contributed by atoms with Crippen molar-refractivity contribution in [1.82, 2.24) is 15.5 Å². The van der Waals surface area contributed by atoms with Gasteiger partial charge in [-0.1, -0.05) is 31.5 Å². The third kappa shape index (κ3) is 5.92. The van der Waals surface area contributed by atoms with Gasteiger partial charge < -0.3 is 19.9 Å². The summed E-state index contributed by atoms with van der Waals surface area (Å²) in [6.07, 6.45) is 3.64. The number of nitrogens with zero attached hydrogens (tertiary/aromatic N) is 2. The van der Waals surface area contributed by atoms with Gasteiger partial charge in [0.05, 0.1) is 36.8 Å². The minimum Gasteiger partial charge on any atom is -0.493 e. The molecule has 4 heterocycles. The summed E-state index contributed by atoms with van der Waals surface area (Å²) in [6, 6.07) is 10.4. The zero-order valence-electron chi connectivity index (χ0n) is 25.9. The number of hydrogen-bond donors (Lipinski definition) is 3. The van der Waals surface area contributed by atoms with Crippen LogP contribution in [0.5, 0.6) is 5.75 Å². The molecule has 3 amide bonds. The molecule has 6 bridgehead atoms. The highest BCUT2D eigenvalue weighted by atomic mass is 16.6. The van der Waals surface area contributed by atoms with E-state index in [2.05, 4.69) is 28.8 Å². The van der Waals surface area contributed by atoms with Crippen LogP contribution in [0.2, 0.25) is 0 Å².